The van der Waals surface area contributed by atoms with Crippen LogP contribution < -0.4 is 15.4 Å². The van der Waals surface area contributed by atoms with Crippen molar-refractivity contribution < 1.29 is 18.0 Å². The molecule has 0 radical (unpaired) electrons. The van der Waals surface area contributed by atoms with Gasteiger partial charge in [-0.2, -0.15) is 0 Å². The fraction of sp³-hybridized carbons (Fsp3) is 0.333. The fourth-order valence-corrected chi connectivity index (χ4v) is 3.08. The molecule has 3 N–H and O–H groups in total. The predicted molar refractivity (Wildman–Crippen MR) is 78.7 cm³/mol. The van der Waals surface area contributed by atoms with Crippen LogP contribution in [0.25, 0.3) is 0 Å². The maximum absolute atomic E-state index is 12.0. The first-order chi connectivity index (χ1) is 9.74. The fourth-order valence-electron chi connectivity index (χ4n) is 2.13. The normalized spacial score (nSPS) is 18.9. The molecule has 2 amide bonds. The van der Waals surface area contributed by atoms with E-state index < -0.39 is 21.2 Å². The second-order valence-electron chi connectivity index (χ2n) is 4.66. The quantitative estimate of drug-likeness (QED) is 0.818. The summed E-state index contributed by atoms with van der Waals surface area (Å²) in [7, 11) is -2.32. The number of nitrogens with one attached hydrogen (secondary N) is 1. The largest absolute Gasteiger partial charge is 0.355 e. The highest BCUT2D eigenvalue weighted by Gasteiger charge is 2.38. The number of nitrogens with zero attached hydrogens (tertiary/aromatic N) is 1. The molecule has 9 heteroatoms. The molecule has 1 aromatic carbocycles. The third-order valence-electron chi connectivity index (χ3n) is 3.28. The lowest BCUT2D eigenvalue weighted by Crippen LogP contribution is -2.32. The number of nitrogens with two attached hydrogens (primary N) is 1. The van der Waals surface area contributed by atoms with E-state index in [4.69, 9.17) is 16.7 Å². The monoisotopic (exact) mass is 331 g/mol. The van der Waals surface area contributed by atoms with Crippen LogP contribution in [0.1, 0.15) is 16.8 Å². The van der Waals surface area contributed by atoms with Gasteiger partial charge in [0.2, 0.25) is 15.9 Å². The Bertz CT molecular complexity index is 704. The number of halogens is 1. The maximum Gasteiger partial charge on any atom is 0.251 e. The van der Waals surface area contributed by atoms with Gasteiger partial charge in [-0.15, -0.1) is 0 Å². The van der Waals surface area contributed by atoms with Crippen molar-refractivity contribution in [1.82, 2.24) is 5.32 Å². The van der Waals surface area contributed by atoms with Crippen LogP contribution in [-0.4, -0.2) is 39.1 Å². The smallest absolute Gasteiger partial charge is 0.251 e. The van der Waals surface area contributed by atoms with E-state index in [1.54, 1.807) is 0 Å². The van der Waals surface area contributed by atoms with E-state index >= 15 is 0 Å². The summed E-state index contributed by atoms with van der Waals surface area (Å²) < 4.78 is 22.7. The number of sulfonamides is 1. The third kappa shape index (κ3) is 3.17. The van der Waals surface area contributed by atoms with Gasteiger partial charge in [0, 0.05) is 25.6 Å². The number of amides is 2. The van der Waals surface area contributed by atoms with Crippen LogP contribution in [0.5, 0.6) is 0 Å². The van der Waals surface area contributed by atoms with Gasteiger partial charge in [0.15, 0.2) is 0 Å². The highest BCUT2D eigenvalue weighted by molar-refractivity contribution is 7.89. The molecule has 0 spiro atoms. The Morgan fingerprint density at radius 2 is 2.14 bits per heavy atom. The topological polar surface area (TPSA) is 110 Å². The van der Waals surface area contributed by atoms with Gasteiger partial charge in [0.25, 0.3) is 5.91 Å². The van der Waals surface area contributed by atoms with E-state index in [0.717, 1.165) is 0 Å². The van der Waals surface area contributed by atoms with Gasteiger partial charge < -0.3 is 10.2 Å². The first-order valence-corrected chi connectivity index (χ1v) is 8.06. The number of rotatable bonds is 3. The second-order valence-corrected chi connectivity index (χ2v) is 6.92. The van der Waals surface area contributed by atoms with Crippen molar-refractivity contribution in [2.24, 2.45) is 5.14 Å². The Labute approximate surface area is 127 Å². The van der Waals surface area contributed by atoms with Gasteiger partial charge in [-0.3, -0.25) is 9.59 Å². The van der Waals surface area contributed by atoms with Gasteiger partial charge in [-0.25, -0.2) is 13.6 Å². The number of hydrogen-bond acceptors (Lipinski definition) is 4. The van der Waals surface area contributed by atoms with E-state index in [1.807, 2.05) is 0 Å². The van der Waals surface area contributed by atoms with Crippen molar-refractivity contribution in [3.63, 3.8) is 0 Å². The zero-order valence-corrected chi connectivity index (χ0v) is 12.7. The van der Waals surface area contributed by atoms with E-state index in [2.05, 4.69) is 5.32 Å². The average molecular weight is 332 g/mol. The SMILES string of the molecule is CNC(=O)c1ccc(Cl)c(N2CC(S(N)(=O)=O)CC2=O)c1. The van der Waals surface area contributed by atoms with Crippen LogP contribution in [0.4, 0.5) is 5.69 Å². The minimum absolute atomic E-state index is 0.0748. The molecule has 1 unspecified atom stereocenters. The Morgan fingerprint density at radius 1 is 1.48 bits per heavy atom. The van der Waals surface area contributed by atoms with Crippen LogP contribution >= 0.6 is 11.6 Å². The number of primary sulfonamides is 1. The minimum atomic E-state index is -3.81. The van der Waals surface area contributed by atoms with E-state index in [-0.39, 0.29) is 23.9 Å². The Hall–Kier alpha value is -1.64. The summed E-state index contributed by atoms with van der Waals surface area (Å²) in [6, 6.07) is 4.45. The lowest BCUT2D eigenvalue weighted by atomic mass is 10.1. The molecule has 21 heavy (non-hydrogen) atoms. The molecule has 1 aliphatic heterocycles. The Kier molecular flexibility index (Phi) is 4.22. The first-order valence-electron chi connectivity index (χ1n) is 6.07. The van der Waals surface area contributed by atoms with Crippen LogP contribution in [0.2, 0.25) is 5.02 Å². The molecule has 1 fully saturated rings. The summed E-state index contributed by atoms with van der Waals surface area (Å²) in [6.07, 6.45) is -0.195. The minimum Gasteiger partial charge on any atom is -0.355 e. The first kappa shape index (κ1) is 15.7. The molecule has 0 aliphatic carbocycles. The highest BCUT2D eigenvalue weighted by Crippen LogP contribution is 2.31. The summed E-state index contributed by atoms with van der Waals surface area (Å²) in [6.45, 7) is -0.0748. The molecule has 1 aliphatic rings. The van der Waals surface area contributed by atoms with Crippen LogP contribution in [0.15, 0.2) is 18.2 Å². The predicted octanol–water partition coefficient (Wildman–Crippen LogP) is 0.0934. The molecule has 7 nitrogen and oxygen atoms in total. The lowest BCUT2D eigenvalue weighted by molar-refractivity contribution is -0.117. The molecular weight excluding hydrogens is 318 g/mol. The number of carbonyl (C=O) groups excluding carboxylic acids is 2. The molecule has 0 saturated carbocycles. The molecule has 2 rings (SSSR count). The molecule has 1 atom stereocenters. The molecule has 0 bridgehead atoms. The third-order valence-corrected chi connectivity index (χ3v) is 4.84. The highest BCUT2D eigenvalue weighted by atomic mass is 35.5. The van der Waals surface area contributed by atoms with Gasteiger partial charge in [-0.05, 0) is 18.2 Å². The van der Waals surface area contributed by atoms with Crippen molar-refractivity contribution in [3.05, 3.63) is 28.8 Å². The Balaban J connectivity index is 2.38. The van der Waals surface area contributed by atoms with Crippen molar-refractivity contribution >= 4 is 39.1 Å². The van der Waals surface area contributed by atoms with Crippen molar-refractivity contribution in [2.45, 2.75) is 11.7 Å². The van der Waals surface area contributed by atoms with E-state index in [0.29, 0.717) is 11.3 Å². The van der Waals surface area contributed by atoms with E-state index in [1.165, 1.54) is 30.1 Å². The zero-order chi connectivity index (χ0) is 15.8. The number of anilines is 1. The number of carbonyl (C=O) groups is 2. The van der Waals surface area contributed by atoms with Gasteiger partial charge in [-0.1, -0.05) is 11.6 Å². The summed E-state index contributed by atoms with van der Waals surface area (Å²) in [5.74, 6) is -0.729. The molecular formula is C12H14ClN3O4S. The Morgan fingerprint density at radius 3 is 2.67 bits per heavy atom. The summed E-state index contributed by atoms with van der Waals surface area (Å²) in [5.41, 5.74) is 0.623. The van der Waals surface area contributed by atoms with Crippen molar-refractivity contribution in [2.75, 3.05) is 18.5 Å². The average Bonchev–Trinajstić information content (AvgIpc) is 2.80. The van der Waals surface area contributed by atoms with Gasteiger partial charge in [0.1, 0.15) is 5.25 Å². The maximum atomic E-state index is 12.0. The summed E-state index contributed by atoms with van der Waals surface area (Å²) in [4.78, 5) is 24.8. The zero-order valence-electron chi connectivity index (χ0n) is 11.2. The van der Waals surface area contributed by atoms with E-state index in [9.17, 15) is 18.0 Å². The molecule has 1 aromatic rings. The number of hydrogen-bond donors (Lipinski definition) is 2. The van der Waals surface area contributed by atoms with Gasteiger partial charge in [0.05, 0.1) is 10.7 Å². The second kappa shape index (κ2) is 5.63. The van der Waals surface area contributed by atoms with Crippen LogP contribution in [-0.2, 0) is 14.8 Å². The van der Waals surface area contributed by atoms with Crippen molar-refractivity contribution in [1.29, 1.82) is 0 Å². The van der Waals surface area contributed by atoms with Gasteiger partial charge >= 0.3 is 0 Å². The molecule has 114 valence electrons. The number of benzene rings is 1. The van der Waals surface area contributed by atoms with Crippen LogP contribution in [0, 0.1) is 0 Å². The standard InChI is InChI=1S/C12H14ClN3O4S/c1-15-12(18)7-2-3-9(13)10(4-7)16-6-8(5-11(16)17)21(14,19)20/h2-4,8H,5-6H2,1H3,(H,15,18)(H2,14,19,20). The molecule has 0 aromatic heterocycles. The van der Waals surface area contributed by atoms with Crippen molar-refractivity contribution in [3.8, 4) is 0 Å². The summed E-state index contributed by atoms with van der Waals surface area (Å²) in [5, 5.41) is 6.83. The lowest BCUT2D eigenvalue weighted by Gasteiger charge is -2.18. The molecule has 1 saturated heterocycles. The summed E-state index contributed by atoms with van der Waals surface area (Å²) >= 11 is 6.05. The molecule has 1 heterocycles. The van der Waals surface area contributed by atoms with Crippen LogP contribution in [0.3, 0.4) is 0 Å².